The standard InChI is InChI=1S/C42H28.C40H26.C36H24/c1-3-13-29(14-4-1)32-18-11-19-33(27-32)34-26-25-30-17-12-24-39(40(30)28-34)42-37-22-9-7-20-35(37)41(31-15-5-2-6-16-31)36-21-8-10-23-38(36)42;1-2-12-28(13-3-1)39-35-16-6-8-18-37(35)40(38-19-9-7-17-36(38)39)34-20-10-15-32-26-31(23-24-33(32)34)30-22-21-27-11-4-5-14-29(27)25-30;1-3-12-25(13-4-1)27-22-23-29-28(24-27)16-11-21-30(29)36-33-19-9-7-17-31(33)35(26-14-5-2-6-15-26)32-18-8-10-20-34(32)36/h1-28H;1-26H;1-24H. The highest BCUT2D eigenvalue weighted by molar-refractivity contribution is 6.27. The van der Waals surface area contributed by atoms with Crippen molar-refractivity contribution >= 4 is 108 Å². The molecule has 0 aliphatic rings. The zero-order valence-electron chi connectivity index (χ0n) is 65.0. The Hall–Kier alpha value is -15.3. The summed E-state index contributed by atoms with van der Waals surface area (Å²) < 4.78 is 0. The van der Waals surface area contributed by atoms with Crippen molar-refractivity contribution in [3.05, 3.63) is 473 Å². The highest BCUT2D eigenvalue weighted by Gasteiger charge is 2.23. The van der Waals surface area contributed by atoms with Gasteiger partial charge in [0.25, 0.3) is 0 Å². The second-order valence-corrected chi connectivity index (χ2v) is 30.7. The molecule has 0 aliphatic heterocycles. The van der Waals surface area contributed by atoms with Gasteiger partial charge < -0.3 is 0 Å². The molecule has 0 unspecified atom stereocenters. The van der Waals surface area contributed by atoms with Gasteiger partial charge in [0.05, 0.1) is 0 Å². The maximum atomic E-state index is 2.38. The van der Waals surface area contributed by atoms with Crippen LogP contribution in [0, 0.1) is 0 Å². The molecule has 0 saturated carbocycles. The topological polar surface area (TPSA) is 0 Å². The number of hydrogen-bond donors (Lipinski definition) is 0. The van der Waals surface area contributed by atoms with Crippen LogP contribution in [-0.4, -0.2) is 0 Å². The fourth-order valence-electron chi connectivity index (χ4n) is 18.5. The van der Waals surface area contributed by atoms with Crippen molar-refractivity contribution in [1.82, 2.24) is 0 Å². The molecule has 0 spiro atoms. The van der Waals surface area contributed by atoms with Gasteiger partial charge in [-0.1, -0.05) is 443 Å². The quantitative estimate of drug-likeness (QED) is 0.120. The Morgan fingerprint density at radius 1 is 0.0847 bits per heavy atom. The van der Waals surface area contributed by atoms with E-state index in [4.69, 9.17) is 0 Å². The summed E-state index contributed by atoms with van der Waals surface area (Å²) in [4.78, 5) is 0. The van der Waals surface area contributed by atoms with Gasteiger partial charge in [-0.2, -0.15) is 0 Å². The molecule has 23 aromatic carbocycles. The fourth-order valence-corrected chi connectivity index (χ4v) is 18.5. The van der Waals surface area contributed by atoms with Gasteiger partial charge in [-0.3, -0.25) is 0 Å². The summed E-state index contributed by atoms with van der Waals surface area (Å²) in [5, 5.41) is 25.5. The molecule has 0 aromatic heterocycles. The maximum Gasteiger partial charge on any atom is -0.00201 e. The summed E-state index contributed by atoms with van der Waals surface area (Å²) in [5.41, 5.74) is 25.2. The normalized spacial score (nSPS) is 11.4. The monoisotopic (exact) mass is 1490 g/mol. The summed E-state index contributed by atoms with van der Waals surface area (Å²) in [5.74, 6) is 0. The van der Waals surface area contributed by atoms with Crippen LogP contribution in [-0.2, 0) is 0 Å². The van der Waals surface area contributed by atoms with Crippen molar-refractivity contribution in [3.63, 3.8) is 0 Å². The zero-order valence-corrected chi connectivity index (χ0v) is 65.0. The molecule has 0 N–H and O–H groups in total. The first-order valence-electron chi connectivity index (χ1n) is 40.9. The molecular weight excluding hydrogens is 1420 g/mol. The molecule has 550 valence electrons. The molecule has 0 radical (unpaired) electrons. The van der Waals surface area contributed by atoms with Crippen LogP contribution < -0.4 is 0 Å². The predicted octanol–water partition coefficient (Wildman–Crippen LogP) is 33.3. The van der Waals surface area contributed by atoms with Gasteiger partial charge in [-0.05, 0) is 249 Å². The maximum absolute atomic E-state index is 2.38. The second-order valence-electron chi connectivity index (χ2n) is 30.7. The molecule has 0 aliphatic carbocycles. The molecule has 0 nitrogen and oxygen atoms in total. The van der Waals surface area contributed by atoms with Crippen LogP contribution in [0.1, 0.15) is 0 Å². The lowest BCUT2D eigenvalue weighted by Gasteiger charge is -2.19. The first kappa shape index (κ1) is 70.5. The molecule has 0 saturated heterocycles. The van der Waals surface area contributed by atoms with Crippen LogP contribution in [0.15, 0.2) is 473 Å². The van der Waals surface area contributed by atoms with Gasteiger partial charge in [-0.25, -0.2) is 0 Å². The first-order valence-corrected chi connectivity index (χ1v) is 40.9. The van der Waals surface area contributed by atoms with Crippen LogP contribution in [0.5, 0.6) is 0 Å². The van der Waals surface area contributed by atoms with E-state index in [2.05, 4.69) is 473 Å². The molecule has 0 heteroatoms. The predicted molar refractivity (Wildman–Crippen MR) is 509 cm³/mol. The minimum absolute atomic E-state index is 1.22. The van der Waals surface area contributed by atoms with E-state index in [1.54, 1.807) is 0 Å². The van der Waals surface area contributed by atoms with Crippen LogP contribution in [0.3, 0.4) is 0 Å². The van der Waals surface area contributed by atoms with E-state index in [0.717, 1.165) is 0 Å². The van der Waals surface area contributed by atoms with Gasteiger partial charge in [0.1, 0.15) is 0 Å². The highest BCUT2D eigenvalue weighted by atomic mass is 14.3. The summed E-state index contributed by atoms with van der Waals surface area (Å²) in [6.45, 7) is 0. The Kier molecular flexibility index (Phi) is 18.4. The van der Waals surface area contributed by atoms with Crippen LogP contribution >= 0.6 is 0 Å². The largest absolute Gasteiger partial charge is 0.0622 e. The molecule has 0 bridgehead atoms. The van der Waals surface area contributed by atoms with E-state index in [9.17, 15) is 0 Å². The average molecular weight is 1500 g/mol. The van der Waals surface area contributed by atoms with E-state index in [-0.39, 0.29) is 0 Å². The van der Waals surface area contributed by atoms with Crippen molar-refractivity contribution in [2.45, 2.75) is 0 Å². The summed E-state index contributed by atoms with van der Waals surface area (Å²) in [6, 6.07) is 172. The van der Waals surface area contributed by atoms with E-state index in [1.165, 1.54) is 219 Å². The molecule has 23 aromatic rings. The van der Waals surface area contributed by atoms with E-state index in [0.29, 0.717) is 0 Å². The molecule has 0 fully saturated rings. The van der Waals surface area contributed by atoms with Gasteiger partial charge >= 0.3 is 0 Å². The molecule has 0 heterocycles. The third kappa shape index (κ3) is 13.0. The Morgan fingerprint density at radius 2 is 0.305 bits per heavy atom. The third-order valence-electron chi connectivity index (χ3n) is 23.9. The van der Waals surface area contributed by atoms with Gasteiger partial charge in [-0.15, -0.1) is 0 Å². The van der Waals surface area contributed by atoms with Crippen molar-refractivity contribution in [2.75, 3.05) is 0 Å². The smallest absolute Gasteiger partial charge is 0.00201 e. The number of fused-ring (bicyclic) bond motifs is 10. The van der Waals surface area contributed by atoms with Crippen LogP contribution in [0.2, 0.25) is 0 Å². The van der Waals surface area contributed by atoms with E-state index in [1.807, 2.05) is 0 Å². The Bertz CT molecular complexity index is 7580. The second kappa shape index (κ2) is 30.9. The average Bonchev–Trinajstić information content (AvgIpc) is 0.737. The minimum atomic E-state index is 1.22. The molecule has 0 amide bonds. The van der Waals surface area contributed by atoms with E-state index >= 15 is 0 Å². The number of benzene rings is 23. The number of hydrogen-bond acceptors (Lipinski definition) is 0. The lowest BCUT2D eigenvalue weighted by molar-refractivity contribution is 1.60. The van der Waals surface area contributed by atoms with Crippen molar-refractivity contribution < 1.29 is 0 Å². The zero-order chi connectivity index (χ0) is 78.2. The molecule has 23 rings (SSSR count). The molecule has 0 atom stereocenters. The summed E-state index contributed by atoms with van der Waals surface area (Å²) in [7, 11) is 0. The minimum Gasteiger partial charge on any atom is -0.0622 e. The first-order chi connectivity index (χ1) is 58.6. The Morgan fingerprint density at radius 3 is 0.669 bits per heavy atom. The van der Waals surface area contributed by atoms with Crippen LogP contribution in [0.25, 0.3) is 219 Å². The fraction of sp³-hybridized carbons (Fsp3) is 0. The SMILES string of the molecule is c1ccc(-c2c3ccccc3c(-c3cccc4cc(-c5ccc6ccccc6c5)ccc34)c3ccccc23)cc1.c1ccc(-c2ccc3c(-c4c5ccccc5c(-c5ccccc5)c5ccccc45)cccc3c2)cc1.c1ccc(-c2cccc(-c3ccc4cccc(-c5c6ccccc6c(-c6ccccc6)c6ccccc56)c4c3)c2)cc1. The van der Waals surface area contributed by atoms with Gasteiger partial charge in [0, 0.05) is 0 Å². The van der Waals surface area contributed by atoms with Crippen molar-refractivity contribution in [1.29, 1.82) is 0 Å². The van der Waals surface area contributed by atoms with Crippen molar-refractivity contribution in [3.8, 4) is 111 Å². The summed E-state index contributed by atoms with van der Waals surface area (Å²) >= 11 is 0. The Balaban J connectivity index is 0.000000110. The lowest BCUT2D eigenvalue weighted by Crippen LogP contribution is -1.91. The number of rotatable bonds is 10. The highest BCUT2D eigenvalue weighted by Crippen LogP contribution is 2.50. The lowest BCUT2D eigenvalue weighted by atomic mass is 9.84. The van der Waals surface area contributed by atoms with E-state index < -0.39 is 0 Å². The summed E-state index contributed by atoms with van der Waals surface area (Å²) in [6.07, 6.45) is 0. The van der Waals surface area contributed by atoms with Gasteiger partial charge in [0.2, 0.25) is 0 Å². The molecule has 118 heavy (non-hydrogen) atoms. The third-order valence-corrected chi connectivity index (χ3v) is 23.9. The van der Waals surface area contributed by atoms with Gasteiger partial charge in [0.15, 0.2) is 0 Å². The molecular formula is C118H78. The van der Waals surface area contributed by atoms with Crippen molar-refractivity contribution in [2.24, 2.45) is 0 Å². The van der Waals surface area contributed by atoms with Crippen LogP contribution in [0.4, 0.5) is 0 Å². The Labute approximate surface area is 687 Å².